The lowest BCUT2D eigenvalue weighted by atomic mass is 9.98. The number of nitrogens with zero attached hydrogens (tertiary/aromatic N) is 3. The van der Waals surface area contributed by atoms with E-state index in [1.807, 2.05) is 48.5 Å². The summed E-state index contributed by atoms with van der Waals surface area (Å²) in [5.41, 5.74) is 2.49. The summed E-state index contributed by atoms with van der Waals surface area (Å²) in [6, 6.07) is 14.8. The molecule has 7 nitrogen and oxygen atoms in total. The SMILES string of the molecule is COCCN(CC(=O)N1N=C(c2ccccc2Cl)C[C@H]1c1ccc(OC)cc1)C(=O)C1CCCC1. The van der Waals surface area contributed by atoms with E-state index in [9.17, 15) is 9.59 Å². The van der Waals surface area contributed by atoms with Crippen molar-refractivity contribution >= 4 is 29.1 Å². The highest BCUT2D eigenvalue weighted by Crippen LogP contribution is 2.35. The Balaban J connectivity index is 1.61. The smallest absolute Gasteiger partial charge is 0.262 e. The van der Waals surface area contributed by atoms with E-state index in [1.54, 1.807) is 19.1 Å². The lowest BCUT2D eigenvalue weighted by Gasteiger charge is -2.28. The molecular weight excluding hydrogens is 466 g/mol. The van der Waals surface area contributed by atoms with Gasteiger partial charge >= 0.3 is 0 Å². The molecule has 1 saturated carbocycles. The van der Waals surface area contributed by atoms with Crippen LogP contribution in [0.4, 0.5) is 0 Å². The van der Waals surface area contributed by atoms with Crippen LogP contribution in [0.2, 0.25) is 5.02 Å². The summed E-state index contributed by atoms with van der Waals surface area (Å²) in [5, 5.41) is 6.83. The fourth-order valence-corrected chi connectivity index (χ4v) is 5.06. The predicted molar refractivity (Wildman–Crippen MR) is 136 cm³/mol. The van der Waals surface area contributed by atoms with Gasteiger partial charge < -0.3 is 14.4 Å². The molecule has 0 unspecified atom stereocenters. The van der Waals surface area contributed by atoms with E-state index in [4.69, 9.17) is 26.2 Å². The molecular formula is C27H32ClN3O4. The third-order valence-electron chi connectivity index (χ3n) is 6.76. The van der Waals surface area contributed by atoms with Crippen molar-refractivity contribution in [2.24, 2.45) is 11.0 Å². The van der Waals surface area contributed by atoms with Gasteiger partial charge in [0.2, 0.25) is 5.91 Å². The van der Waals surface area contributed by atoms with Crippen molar-refractivity contribution in [3.63, 3.8) is 0 Å². The molecule has 0 saturated heterocycles. The number of carbonyl (C=O) groups excluding carboxylic acids is 2. The van der Waals surface area contributed by atoms with Gasteiger partial charge in [-0.2, -0.15) is 5.10 Å². The molecule has 0 N–H and O–H groups in total. The molecule has 0 aromatic heterocycles. The Bertz CT molecular complexity index is 1070. The Morgan fingerprint density at radius 1 is 1.09 bits per heavy atom. The van der Waals surface area contributed by atoms with Crippen molar-refractivity contribution in [1.29, 1.82) is 0 Å². The first-order chi connectivity index (χ1) is 17.0. The molecule has 2 aliphatic rings. The molecule has 1 aliphatic heterocycles. The van der Waals surface area contributed by atoms with E-state index < -0.39 is 0 Å². The molecule has 1 heterocycles. The average Bonchev–Trinajstić information content (AvgIpc) is 3.57. The van der Waals surface area contributed by atoms with Gasteiger partial charge in [0.25, 0.3) is 5.91 Å². The number of halogens is 1. The highest BCUT2D eigenvalue weighted by Gasteiger charge is 2.36. The summed E-state index contributed by atoms with van der Waals surface area (Å²) in [5.74, 6) is 0.529. The molecule has 1 atom stereocenters. The van der Waals surface area contributed by atoms with Crippen LogP contribution in [0, 0.1) is 5.92 Å². The summed E-state index contributed by atoms with van der Waals surface area (Å²) in [6.45, 7) is 0.714. The Hall–Kier alpha value is -2.90. The average molecular weight is 498 g/mol. The van der Waals surface area contributed by atoms with E-state index in [0.29, 0.717) is 24.6 Å². The van der Waals surface area contributed by atoms with Crippen LogP contribution in [-0.4, -0.2) is 61.4 Å². The molecule has 35 heavy (non-hydrogen) atoms. The molecule has 2 aromatic rings. The molecule has 0 spiro atoms. The molecule has 4 rings (SSSR count). The van der Waals surface area contributed by atoms with Crippen molar-refractivity contribution in [3.8, 4) is 5.75 Å². The molecule has 0 radical (unpaired) electrons. The Morgan fingerprint density at radius 3 is 2.46 bits per heavy atom. The van der Waals surface area contributed by atoms with Gasteiger partial charge in [0.15, 0.2) is 0 Å². The van der Waals surface area contributed by atoms with E-state index in [0.717, 1.165) is 48.3 Å². The maximum Gasteiger partial charge on any atom is 0.262 e. The predicted octanol–water partition coefficient (Wildman–Crippen LogP) is 4.69. The Morgan fingerprint density at radius 2 is 1.80 bits per heavy atom. The number of hydrogen-bond acceptors (Lipinski definition) is 5. The number of rotatable bonds is 9. The Kier molecular flexibility index (Phi) is 8.42. The van der Waals surface area contributed by atoms with Gasteiger partial charge in [-0.25, -0.2) is 5.01 Å². The van der Waals surface area contributed by atoms with E-state index in [1.165, 1.54) is 5.01 Å². The fraction of sp³-hybridized carbons (Fsp3) is 0.444. The summed E-state index contributed by atoms with van der Waals surface area (Å²) in [6.07, 6.45) is 4.39. The minimum Gasteiger partial charge on any atom is -0.497 e. The normalized spacial score (nSPS) is 18.0. The van der Waals surface area contributed by atoms with Crippen molar-refractivity contribution in [2.75, 3.05) is 33.9 Å². The number of carbonyl (C=O) groups is 2. The van der Waals surface area contributed by atoms with Gasteiger partial charge in [-0.1, -0.05) is 54.8 Å². The molecule has 0 bridgehead atoms. The summed E-state index contributed by atoms with van der Waals surface area (Å²) in [7, 11) is 3.22. The zero-order valence-electron chi connectivity index (χ0n) is 20.3. The summed E-state index contributed by atoms with van der Waals surface area (Å²) >= 11 is 6.45. The number of ether oxygens (including phenoxy) is 2. The topological polar surface area (TPSA) is 71.4 Å². The van der Waals surface area contributed by atoms with Gasteiger partial charge in [0.1, 0.15) is 12.3 Å². The molecule has 1 fully saturated rings. The van der Waals surface area contributed by atoms with E-state index >= 15 is 0 Å². The quantitative estimate of drug-likeness (QED) is 0.504. The zero-order chi connectivity index (χ0) is 24.8. The van der Waals surface area contributed by atoms with Crippen LogP contribution in [-0.2, 0) is 14.3 Å². The van der Waals surface area contributed by atoms with Crippen molar-refractivity contribution < 1.29 is 19.1 Å². The minimum absolute atomic E-state index is 0.0159. The van der Waals surface area contributed by atoms with Crippen LogP contribution in [0.1, 0.15) is 49.3 Å². The lowest BCUT2D eigenvalue weighted by molar-refractivity contribution is -0.144. The van der Waals surface area contributed by atoms with E-state index in [-0.39, 0.29) is 30.3 Å². The zero-order valence-corrected chi connectivity index (χ0v) is 21.0. The highest BCUT2D eigenvalue weighted by atomic mass is 35.5. The lowest BCUT2D eigenvalue weighted by Crippen LogP contribution is -2.44. The standard InChI is InChI=1S/C27H32ClN3O4/c1-34-16-15-30(27(33)20-7-3-4-8-20)18-26(32)31-25(19-11-13-21(35-2)14-12-19)17-24(29-31)22-9-5-6-10-23(22)28/h5-6,9-14,20,25H,3-4,7-8,15-18H2,1-2H3/t25-/m0/s1. The summed E-state index contributed by atoms with van der Waals surface area (Å²) in [4.78, 5) is 28.5. The van der Waals surface area contributed by atoms with Gasteiger partial charge in [0, 0.05) is 36.6 Å². The third kappa shape index (κ3) is 5.85. The van der Waals surface area contributed by atoms with Crippen LogP contribution in [0.3, 0.4) is 0 Å². The van der Waals surface area contributed by atoms with Crippen LogP contribution in [0.15, 0.2) is 53.6 Å². The number of methoxy groups -OCH3 is 2. The van der Waals surface area contributed by atoms with Crippen LogP contribution >= 0.6 is 11.6 Å². The number of amides is 2. The largest absolute Gasteiger partial charge is 0.497 e. The number of hydrazone groups is 1. The van der Waals surface area contributed by atoms with Crippen molar-refractivity contribution in [2.45, 2.75) is 38.1 Å². The number of benzene rings is 2. The number of hydrogen-bond donors (Lipinski definition) is 0. The van der Waals surface area contributed by atoms with Crippen molar-refractivity contribution in [3.05, 3.63) is 64.7 Å². The monoisotopic (exact) mass is 497 g/mol. The first-order valence-electron chi connectivity index (χ1n) is 12.1. The fourth-order valence-electron chi connectivity index (χ4n) is 4.82. The maximum absolute atomic E-state index is 13.6. The first-order valence-corrected chi connectivity index (χ1v) is 12.5. The molecule has 2 amide bonds. The van der Waals surface area contributed by atoms with Gasteiger partial charge in [-0.15, -0.1) is 0 Å². The van der Waals surface area contributed by atoms with Crippen LogP contribution in [0.25, 0.3) is 0 Å². The van der Waals surface area contributed by atoms with Gasteiger partial charge in [-0.3, -0.25) is 9.59 Å². The van der Waals surface area contributed by atoms with Crippen LogP contribution in [0.5, 0.6) is 5.75 Å². The second kappa shape index (κ2) is 11.7. The van der Waals surface area contributed by atoms with Gasteiger partial charge in [0.05, 0.1) is 25.5 Å². The molecule has 1 aliphatic carbocycles. The van der Waals surface area contributed by atoms with E-state index in [2.05, 4.69) is 0 Å². The summed E-state index contributed by atoms with van der Waals surface area (Å²) < 4.78 is 10.5. The second-order valence-electron chi connectivity index (χ2n) is 8.99. The third-order valence-corrected chi connectivity index (χ3v) is 7.09. The molecule has 186 valence electrons. The molecule has 2 aromatic carbocycles. The first kappa shape index (κ1) is 25.2. The molecule has 8 heteroatoms. The maximum atomic E-state index is 13.6. The van der Waals surface area contributed by atoms with Gasteiger partial charge in [-0.05, 0) is 36.6 Å². The highest BCUT2D eigenvalue weighted by molar-refractivity contribution is 6.34. The minimum atomic E-state index is -0.300. The second-order valence-corrected chi connectivity index (χ2v) is 9.40. The Labute approximate surface area is 211 Å². The van der Waals surface area contributed by atoms with Crippen LogP contribution < -0.4 is 4.74 Å². The van der Waals surface area contributed by atoms with Crippen molar-refractivity contribution in [1.82, 2.24) is 9.91 Å².